The number of aromatic nitrogens is 1. The van der Waals surface area contributed by atoms with Gasteiger partial charge in [0.05, 0.1) is 5.69 Å². The maximum absolute atomic E-state index is 4.70. The van der Waals surface area contributed by atoms with Crippen molar-refractivity contribution in [3.8, 4) is 0 Å². The Hall–Kier alpha value is -0.450. The average Bonchev–Trinajstić information content (AvgIpc) is 2.73. The first-order chi connectivity index (χ1) is 8.90. The van der Waals surface area contributed by atoms with Crippen LogP contribution in [0.15, 0.2) is 5.38 Å². The van der Waals surface area contributed by atoms with E-state index in [1.807, 2.05) is 0 Å². The Balaban J connectivity index is 2.33. The summed E-state index contributed by atoms with van der Waals surface area (Å²) in [7, 11) is 2.18. The molecule has 110 valence electrons. The second kappa shape index (κ2) is 7.98. The third-order valence-corrected chi connectivity index (χ3v) is 3.84. The molecule has 0 fully saturated rings. The van der Waals surface area contributed by atoms with Crippen molar-refractivity contribution in [1.29, 1.82) is 0 Å². The topological polar surface area (TPSA) is 28.2 Å². The molecule has 1 aromatic rings. The van der Waals surface area contributed by atoms with Crippen molar-refractivity contribution in [2.45, 2.75) is 65.6 Å². The molecule has 0 atom stereocenters. The smallest absolute Gasteiger partial charge is 0.107 e. The highest BCUT2D eigenvalue weighted by Crippen LogP contribution is 2.13. The second-order valence-corrected chi connectivity index (χ2v) is 7.22. The molecule has 4 heteroatoms. The Morgan fingerprint density at radius 3 is 2.68 bits per heavy atom. The minimum Gasteiger partial charge on any atom is -0.306 e. The quantitative estimate of drug-likeness (QED) is 0.738. The van der Waals surface area contributed by atoms with Gasteiger partial charge in [-0.2, -0.15) is 0 Å². The van der Waals surface area contributed by atoms with Crippen LogP contribution in [-0.4, -0.2) is 29.0 Å². The van der Waals surface area contributed by atoms with Crippen molar-refractivity contribution in [3.05, 3.63) is 16.1 Å². The summed E-state index contributed by atoms with van der Waals surface area (Å²) in [5.41, 5.74) is 1.36. The highest BCUT2D eigenvalue weighted by molar-refractivity contribution is 7.09. The molecule has 0 radical (unpaired) electrons. The third-order valence-electron chi connectivity index (χ3n) is 2.94. The van der Waals surface area contributed by atoms with E-state index in [4.69, 9.17) is 4.98 Å². The lowest BCUT2D eigenvalue weighted by Gasteiger charge is -2.19. The second-order valence-electron chi connectivity index (χ2n) is 6.28. The van der Waals surface area contributed by atoms with Gasteiger partial charge in [-0.1, -0.05) is 19.8 Å². The SMILES string of the molecule is CCCCCN(C)Cc1csc(CNC(C)(C)C)n1. The number of nitrogens with zero attached hydrogens (tertiary/aromatic N) is 2. The van der Waals surface area contributed by atoms with Crippen LogP contribution in [0.1, 0.15) is 57.7 Å². The first-order valence-corrected chi connectivity index (χ1v) is 8.15. The summed E-state index contributed by atoms with van der Waals surface area (Å²) < 4.78 is 0. The van der Waals surface area contributed by atoms with Gasteiger partial charge in [0.1, 0.15) is 5.01 Å². The summed E-state index contributed by atoms with van der Waals surface area (Å²) in [6.07, 6.45) is 3.89. The monoisotopic (exact) mass is 283 g/mol. The molecular weight excluding hydrogens is 254 g/mol. The zero-order chi connectivity index (χ0) is 14.3. The number of hydrogen-bond acceptors (Lipinski definition) is 4. The van der Waals surface area contributed by atoms with Gasteiger partial charge in [0.25, 0.3) is 0 Å². The number of hydrogen-bond donors (Lipinski definition) is 1. The van der Waals surface area contributed by atoms with E-state index >= 15 is 0 Å². The Morgan fingerprint density at radius 2 is 2.05 bits per heavy atom. The Labute approximate surface area is 122 Å². The summed E-state index contributed by atoms with van der Waals surface area (Å²) in [6.45, 7) is 11.8. The lowest BCUT2D eigenvalue weighted by atomic mass is 10.1. The minimum absolute atomic E-state index is 0.156. The van der Waals surface area contributed by atoms with Crippen molar-refractivity contribution in [1.82, 2.24) is 15.2 Å². The largest absolute Gasteiger partial charge is 0.306 e. The van der Waals surface area contributed by atoms with Gasteiger partial charge in [-0.25, -0.2) is 4.98 Å². The minimum atomic E-state index is 0.156. The van der Waals surface area contributed by atoms with E-state index < -0.39 is 0 Å². The fourth-order valence-electron chi connectivity index (χ4n) is 1.83. The standard InChI is InChI=1S/C15H29N3S/c1-6-7-8-9-18(5)11-13-12-19-14(17-13)10-16-15(2,3)4/h12,16H,6-11H2,1-5H3. The summed E-state index contributed by atoms with van der Waals surface area (Å²) in [5.74, 6) is 0. The fraction of sp³-hybridized carbons (Fsp3) is 0.800. The molecular formula is C15H29N3S. The molecule has 0 spiro atoms. The third kappa shape index (κ3) is 7.65. The number of rotatable bonds is 8. The van der Waals surface area contributed by atoms with Gasteiger partial charge < -0.3 is 10.2 Å². The van der Waals surface area contributed by atoms with Crippen LogP contribution in [-0.2, 0) is 13.1 Å². The molecule has 19 heavy (non-hydrogen) atoms. The zero-order valence-electron chi connectivity index (χ0n) is 13.1. The van der Waals surface area contributed by atoms with Gasteiger partial charge in [0, 0.05) is 24.0 Å². The lowest BCUT2D eigenvalue weighted by molar-refractivity contribution is 0.314. The van der Waals surface area contributed by atoms with Crippen LogP contribution < -0.4 is 5.32 Å². The van der Waals surface area contributed by atoms with E-state index in [2.05, 4.69) is 50.3 Å². The van der Waals surface area contributed by atoms with Crippen LogP contribution in [0.4, 0.5) is 0 Å². The van der Waals surface area contributed by atoms with Crippen molar-refractivity contribution in [3.63, 3.8) is 0 Å². The Kier molecular flexibility index (Phi) is 6.97. The van der Waals surface area contributed by atoms with Crippen LogP contribution in [0, 0.1) is 0 Å². The van der Waals surface area contributed by atoms with Gasteiger partial charge >= 0.3 is 0 Å². The van der Waals surface area contributed by atoms with Crippen LogP contribution in [0.25, 0.3) is 0 Å². The van der Waals surface area contributed by atoms with Crippen LogP contribution in [0.5, 0.6) is 0 Å². The van der Waals surface area contributed by atoms with Crippen LogP contribution in [0.2, 0.25) is 0 Å². The molecule has 1 aromatic heterocycles. The van der Waals surface area contributed by atoms with E-state index in [-0.39, 0.29) is 5.54 Å². The molecule has 0 aliphatic heterocycles. The van der Waals surface area contributed by atoms with Gasteiger partial charge in [-0.3, -0.25) is 0 Å². The molecule has 0 aromatic carbocycles. The normalized spacial score (nSPS) is 12.3. The number of unbranched alkanes of at least 4 members (excludes halogenated alkanes) is 2. The zero-order valence-corrected chi connectivity index (χ0v) is 13.9. The van der Waals surface area contributed by atoms with E-state index in [9.17, 15) is 0 Å². The summed E-state index contributed by atoms with van der Waals surface area (Å²) in [5, 5.41) is 6.86. The van der Waals surface area contributed by atoms with Gasteiger partial charge in [0.2, 0.25) is 0 Å². The first kappa shape index (κ1) is 16.6. The maximum atomic E-state index is 4.70. The molecule has 3 nitrogen and oxygen atoms in total. The van der Waals surface area contributed by atoms with Gasteiger partial charge in [0.15, 0.2) is 0 Å². The maximum Gasteiger partial charge on any atom is 0.107 e. The van der Waals surface area contributed by atoms with Crippen molar-refractivity contribution >= 4 is 11.3 Å². The highest BCUT2D eigenvalue weighted by Gasteiger charge is 2.10. The highest BCUT2D eigenvalue weighted by atomic mass is 32.1. The van der Waals surface area contributed by atoms with E-state index in [0.29, 0.717) is 0 Å². The van der Waals surface area contributed by atoms with E-state index in [0.717, 1.165) is 13.1 Å². The molecule has 0 aliphatic rings. The van der Waals surface area contributed by atoms with Crippen LogP contribution >= 0.6 is 11.3 Å². The lowest BCUT2D eigenvalue weighted by Crippen LogP contribution is -2.35. The summed E-state index contributed by atoms with van der Waals surface area (Å²) >= 11 is 1.76. The molecule has 0 saturated carbocycles. The van der Waals surface area contributed by atoms with Crippen molar-refractivity contribution in [2.75, 3.05) is 13.6 Å². The Morgan fingerprint density at radius 1 is 1.32 bits per heavy atom. The number of nitrogens with one attached hydrogen (secondary N) is 1. The summed E-state index contributed by atoms with van der Waals surface area (Å²) in [6, 6.07) is 0. The van der Waals surface area contributed by atoms with E-state index in [1.54, 1.807) is 11.3 Å². The van der Waals surface area contributed by atoms with E-state index in [1.165, 1.54) is 36.5 Å². The Bertz CT molecular complexity index is 355. The van der Waals surface area contributed by atoms with Gasteiger partial charge in [-0.15, -0.1) is 11.3 Å². The van der Waals surface area contributed by atoms with Crippen LogP contribution in [0.3, 0.4) is 0 Å². The van der Waals surface area contributed by atoms with Crippen molar-refractivity contribution < 1.29 is 0 Å². The molecule has 1 rings (SSSR count). The molecule has 0 bridgehead atoms. The molecule has 1 N–H and O–H groups in total. The average molecular weight is 283 g/mol. The van der Waals surface area contributed by atoms with Gasteiger partial charge in [-0.05, 0) is 40.8 Å². The first-order valence-electron chi connectivity index (χ1n) is 7.27. The van der Waals surface area contributed by atoms with Crippen molar-refractivity contribution in [2.24, 2.45) is 0 Å². The molecule has 0 saturated heterocycles. The molecule has 0 aliphatic carbocycles. The number of thiazole rings is 1. The fourth-order valence-corrected chi connectivity index (χ4v) is 2.56. The predicted octanol–water partition coefficient (Wildman–Crippen LogP) is 3.65. The molecule has 0 unspecified atom stereocenters. The molecule has 0 amide bonds. The summed E-state index contributed by atoms with van der Waals surface area (Å²) in [4.78, 5) is 7.06. The molecule has 1 heterocycles. The predicted molar refractivity (Wildman–Crippen MR) is 84.6 cm³/mol.